The van der Waals surface area contributed by atoms with Crippen molar-refractivity contribution >= 4 is 28.8 Å². The van der Waals surface area contributed by atoms with Crippen molar-refractivity contribution in [1.82, 2.24) is 4.98 Å². The number of rotatable bonds is 4. The molecule has 0 saturated carbocycles. The third-order valence-corrected chi connectivity index (χ3v) is 4.04. The minimum absolute atomic E-state index is 0.643. The van der Waals surface area contributed by atoms with Gasteiger partial charge in [0.2, 0.25) is 0 Å². The third kappa shape index (κ3) is 3.38. The zero-order chi connectivity index (χ0) is 12.3. The monoisotopic (exact) mass is 266 g/mol. The van der Waals surface area contributed by atoms with Crippen LogP contribution in [0.4, 0.5) is 5.69 Å². The van der Waals surface area contributed by atoms with Crippen molar-refractivity contribution in [3.8, 4) is 5.75 Å². The molecule has 0 atom stereocenters. The molecule has 1 aromatic carbocycles. The number of anilines is 1. The lowest BCUT2D eigenvalue weighted by molar-refractivity contribution is 0.339. The van der Waals surface area contributed by atoms with E-state index in [-0.39, 0.29) is 0 Å². The number of thiazole rings is 1. The van der Waals surface area contributed by atoms with E-state index in [1.807, 2.05) is 37.4 Å². The standard InChI is InChI=1S/C12H14N2OS2/c1-3-15-10-4-9(13)5-11(6-10)17-12-14-8(2)7-16-12/h4-7H,3,13H2,1-2H3. The van der Waals surface area contributed by atoms with Gasteiger partial charge in [0, 0.05) is 27.7 Å². The molecule has 0 aliphatic rings. The second-order valence-electron chi connectivity index (χ2n) is 3.53. The predicted molar refractivity (Wildman–Crippen MR) is 73.0 cm³/mol. The van der Waals surface area contributed by atoms with Gasteiger partial charge in [0.05, 0.1) is 6.61 Å². The van der Waals surface area contributed by atoms with Gasteiger partial charge in [-0.15, -0.1) is 11.3 Å². The van der Waals surface area contributed by atoms with Crippen LogP contribution >= 0.6 is 23.1 Å². The van der Waals surface area contributed by atoms with Gasteiger partial charge in [0.15, 0.2) is 4.34 Å². The summed E-state index contributed by atoms with van der Waals surface area (Å²) in [7, 11) is 0. The molecule has 0 spiro atoms. The molecule has 3 nitrogen and oxygen atoms in total. The van der Waals surface area contributed by atoms with Gasteiger partial charge >= 0.3 is 0 Å². The van der Waals surface area contributed by atoms with E-state index in [0.29, 0.717) is 12.3 Å². The molecule has 2 aromatic rings. The molecule has 0 amide bonds. The first-order chi connectivity index (χ1) is 8.17. The van der Waals surface area contributed by atoms with Crippen LogP contribution in [0.3, 0.4) is 0 Å². The van der Waals surface area contributed by atoms with Crippen molar-refractivity contribution in [2.75, 3.05) is 12.3 Å². The normalized spacial score (nSPS) is 10.5. The average Bonchev–Trinajstić information content (AvgIpc) is 2.63. The molecule has 0 aliphatic carbocycles. The highest BCUT2D eigenvalue weighted by molar-refractivity contribution is 8.01. The Morgan fingerprint density at radius 2 is 2.24 bits per heavy atom. The second kappa shape index (κ2) is 5.42. The maximum atomic E-state index is 5.84. The number of nitrogen functional groups attached to an aromatic ring is 1. The minimum atomic E-state index is 0.643. The largest absolute Gasteiger partial charge is 0.494 e. The number of aromatic nitrogens is 1. The Morgan fingerprint density at radius 1 is 1.41 bits per heavy atom. The Morgan fingerprint density at radius 3 is 2.88 bits per heavy atom. The van der Waals surface area contributed by atoms with E-state index in [1.165, 1.54) is 0 Å². The van der Waals surface area contributed by atoms with E-state index < -0.39 is 0 Å². The third-order valence-electron chi connectivity index (χ3n) is 2.02. The highest BCUT2D eigenvalue weighted by Crippen LogP contribution is 2.33. The van der Waals surface area contributed by atoms with E-state index in [9.17, 15) is 0 Å². The Kier molecular flexibility index (Phi) is 3.91. The van der Waals surface area contributed by atoms with Gasteiger partial charge in [-0.05, 0) is 26.0 Å². The van der Waals surface area contributed by atoms with Gasteiger partial charge in [-0.2, -0.15) is 0 Å². The number of hydrogen-bond acceptors (Lipinski definition) is 5. The Bertz CT molecular complexity index is 511. The summed E-state index contributed by atoms with van der Waals surface area (Å²) >= 11 is 3.25. The van der Waals surface area contributed by atoms with Crippen molar-refractivity contribution in [3.63, 3.8) is 0 Å². The molecule has 0 radical (unpaired) electrons. The lowest BCUT2D eigenvalue weighted by Crippen LogP contribution is -1.93. The number of benzene rings is 1. The van der Waals surface area contributed by atoms with E-state index in [2.05, 4.69) is 4.98 Å². The molecular weight excluding hydrogens is 252 g/mol. The maximum absolute atomic E-state index is 5.84. The van der Waals surface area contributed by atoms with Crippen LogP contribution in [0.15, 0.2) is 32.8 Å². The number of aryl methyl sites for hydroxylation is 1. The Hall–Kier alpha value is -1.20. The van der Waals surface area contributed by atoms with Gasteiger partial charge in [-0.1, -0.05) is 11.8 Å². The molecular formula is C12H14N2OS2. The summed E-state index contributed by atoms with van der Waals surface area (Å²) in [6.45, 7) is 4.59. The molecule has 1 heterocycles. The van der Waals surface area contributed by atoms with Crippen LogP contribution in [0, 0.1) is 6.92 Å². The number of ether oxygens (including phenoxy) is 1. The van der Waals surface area contributed by atoms with E-state index >= 15 is 0 Å². The van der Waals surface area contributed by atoms with E-state index in [4.69, 9.17) is 10.5 Å². The molecule has 0 saturated heterocycles. The molecule has 0 fully saturated rings. The van der Waals surface area contributed by atoms with E-state index in [1.54, 1.807) is 23.1 Å². The van der Waals surface area contributed by atoms with Gasteiger partial charge in [0.1, 0.15) is 5.75 Å². The van der Waals surface area contributed by atoms with Gasteiger partial charge in [-0.3, -0.25) is 0 Å². The highest BCUT2D eigenvalue weighted by Gasteiger charge is 2.05. The summed E-state index contributed by atoms with van der Waals surface area (Å²) in [6.07, 6.45) is 0. The highest BCUT2D eigenvalue weighted by atomic mass is 32.2. The first kappa shape index (κ1) is 12.3. The van der Waals surface area contributed by atoms with Crippen LogP contribution in [-0.2, 0) is 0 Å². The lowest BCUT2D eigenvalue weighted by Gasteiger charge is -2.06. The number of nitrogens with zero attached hydrogens (tertiary/aromatic N) is 1. The molecule has 2 N–H and O–H groups in total. The Labute approximate surface area is 109 Å². The average molecular weight is 266 g/mol. The Balaban J connectivity index is 2.20. The van der Waals surface area contributed by atoms with Crippen molar-refractivity contribution in [1.29, 1.82) is 0 Å². The molecule has 0 aliphatic heterocycles. The summed E-state index contributed by atoms with van der Waals surface area (Å²) in [4.78, 5) is 5.47. The van der Waals surface area contributed by atoms with Crippen LogP contribution in [-0.4, -0.2) is 11.6 Å². The van der Waals surface area contributed by atoms with Crippen molar-refractivity contribution in [2.45, 2.75) is 23.1 Å². The second-order valence-corrected chi connectivity index (χ2v) is 5.71. The summed E-state index contributed by atoms with van der Waals surface area (Å²) in [5.41, 5.74) is 7.60. The molecule has 17 heavy (non-hydrogen) atoms. The zero-order valence-electron chi connectivity index (χ0n) is 9.77. The molecule has 5 heteroatoms. The van der Waals surface area contributed by atoms with Crippen LogP contribution < -0.4 is 10.5 Å². The maximum Gasteiger partial charge on any atom is 0.154 e. The van der Waals surface area contributed by atoms with Crippen molar-refractivity contribution in [2.24, 2.45) is 0 Å². The summed E-state index contributed by atoms with van der Waals surface area (Å²) in [5, 5.41) is 2.04. The van der Waals surface area contributed by atoms with Crippen LogP contribution in [0.2, 0.25) is 0 Å². The first-order valence-electron chi connectivity index (χ1n) is 5.30. The SMILES string of the molecule is CCOc1cc(N)cc(Sc2nc(C)cs2)c1. The van der Waals surface area contributed by atoms with Crippen molar-refractivity contribution in [3.05, 3.63) is 29.3 Å². The minimum Gasteiger partial charge on any atom is -0.494 e. The molecule has 1 aromatic heterocycles. The number of nitrogens with two attached hydrogens (primary N) is 1. The van der Waals surface area contributed by atoms with Crippen LogP contribution in [0.5, 0.6) is 5.75 Å². The van der Waals surface area contributed by atoms with Crippen LogP contribution in [0.25, 0.3) is 0 Å². The summed E-state index contributed by atoms with van der Waals surface area (Å²) < 4.78 is 6.48. The van der Waals surface area contributed by atoms with E-state index in [0.717, 1.165) is 20.7 Å². The zero-order valence-corrected chi connectivity index (χ0v) is 11.4. The van der Waals surface area contributed by atoms with Crippen LogP contribution in [0.1, 0.15) is 12.6 Å². The smallest absolute Gasteiger partial charge is 0.154 e. The van der Waals surface area contributed by atoms with Gasteiger partial charge in [0.25, 0.3) is 0 Å². The number of hydrogen-bond donors (Lipinski definition) is 1. The summed E-state index contributed by atoms with van der Waals surface area (Å²) in [6, 6.07) is 5.76. The lowest BCUT2D eigenvalue weighted by atomic mass is 10.3. The topological polar surface area (TPSA) is 48.1 Å². The molecule has 0 unspecified atom stereocenters. The molecule has 90 valence electrons. The fraction of sp³-hybridized carbons (Fsp3) is 0.250. The summed E-state index contributed by atoms with van der Waals surface area (Å²) in [5.74, 6) is 0.809. The fourth-order valence-corrected chi connectivity index (χ4v) is 3.29. The quantitative estimate of drug-likeness (QED) is 0.859. The predicted octanol–water partition coefficient (Wildman–Crippen LogP) is 3.58. The first-order valence-corrected chi connectivity index (χ1v) is 7.00. The molecule has 2 rings (SSSR count). The van der Waals surface area contributed by atoms with Gasteiger partial charge in [-0.25, -0.2) is 4.98 Å². The molecule has 0 bridgehead atoms. The fourth-order valence-electron chi connectivity index (χ4n) is 1.38. The van der Waals surface area contributed by atoms with Crippen molar-refractivity contribution < 1.29 is 4.74 Å². The van der Waals surface area contributed by atoms with Gasteiger partial charge < -0.3 is 10.5 Å².